The number of ether oxygens (including phenoxy) is 4. The number of methoxy groups -OCH3 is 1. The average Bonchev–Trinajstić information content (AvgIpc) is 2.98. The predicted octanol–water partition coefficient (Wildman–Crippen LogP) is 3.40. The van der Waals surface area contributed by atoms with Crippen molar-refractivity contribution in [2.75, 3.05) is 20.3 Å². The molecule has 1 aromatic rings. The highest BCUT2D eigenvalue weighted by molar-refractivity contribution is 5.31. The highest BCUT2D eigenvalue weighted by atomic mass is 16.7. The molecule has 1 atom stereocenters. The molecule has 0 N–H and O–H groups in total. The van der Waals surface area contributed by atoms with Crippen LogP contribution in [0.1, 0.15) is 32.6 Å². The summed E-state index contributed by atoms with van der Waals surface area (Å²) in [7, 11) is 1.62. The van der Waals surface area contributed by atoms with Crippen LogP contribution in [0, 0.1) is 0 Å². The topological polar surface area (TPSA) is 36.9 Å². The Morgan fingerprint density at radius 2 is 1.70 bits per heavy atom. The molecule has 4 nitrogen and oxygen atoms in total. The van der Waals surface area contributed by atoms with Gasteiger partial charge in [0.25, 0.3) is 0 Å². The van der Waals surface area contributed by atoms with E-state index >= 15 is 0 Å². The van der Waals surface area contributed by atoms with Crippen LogP contribution in [0.25, 0.3) is 0 Å². The lowest BCUT2D eigenvalue weighted by Gasteiger charge is -2.14. The Hall–Kier alpha value is -1.26. The first kappa shape index (κ1) is 15.1. The number of hydrogen-bond acceptors (Lipinski definition) is 4. The van der Waals surface area contributed by atoms with E-state index in [0.717, 1.165) is 11.5 Å². The SMILES string of the molecule is COC(C)OCCOc1ccc(OC2CCCC2)cc1. The molecular weight excluding hydrogens is 256 g/mol. The molecule has 0 bridgehead atoms. The van der Waals surface area contributed by atoms with Crippen molar-refractivity contribution < 1.29 is 18.9 Å². The molecule has 1 unspecified atom stereocenters. The Morgan fingerprint density at radius 3 is 2.35 bits per heavy atom. The quantitative estimate of drug-likeness (QED) is 0.540. The molecule has 1 aromatic carbocycles. The summed E-state index contributed by atoms with van der Waals surface area (Å²) in [6, 6.07) is 7.80. The van der Waals surface area contributed by atoms with E-state index < -0.39 is 0 Å². The molecule has 0 amide bonds. The first-order valence-electron chi connectivity index (χ1n) is 7.32. The molecule has 20 heavy (non-hydrogen) atoms. The fraction of sp³-hybridized carbons (Fsp3) is 0.625. The third-order valence-corrected chi connectivity index (χ3v) is 3.47. The van der Waals surface area contributed by atoms with E-state index in [4.69, 9.17) is 18.9 Å². The standard InChI is InChI=1S/C16H24O4/c1-13(17-2)18-11-12-19-14-7-9-16(10-8-14)20-15-5-3-4-6-15/h7-10,13,15H,3-6,11-12H2,1-2H3. The second kappa shape index (κ2) is 8.12. The third kappa shape index (κ3) is 5.02. The Morgan fingerprint density at radius 1 is 1.05 bits per heavy atom. The molecule has 4 heteroatoms. The predicted molar refractivity (Wildman–Crippen MR) is 77.2 cm³/mol. The lowest BCUT2D eigenvalue weighted by molar-refractivity contribution is -0.115. The molecule has 0 saturated heterocycles. The minimum Gasteiger partial charge on any atom is -0.491 e. The normalized spacial score (nSPS) is 17.1. The largest absolute Gasteiger partial charge is 0.491 e. The summed E-state index contributed by atoms with van der Waals surface area (Å²) >= 11 is 0. The van der Waals surface area contributed by atoms with Gasteiger partial charge in [0.05, 0.1) is 12.7 Å². The van der Waals surface area contributed by atoms with Crippen LogP contribution in [0.3, 0.4) is 0 Å². The van der Waals surface area contributed by atoms with Crippen molar-refractivity contribution in [3.05, 3.63) is 24.3 Å². The molecule has 0 heterocycles. The summed E-state index contributed by atoms with van der Waals surface area (Å²) in [6.07, 6.45) is 5.12. The second-order valence-corrected chi connectivity index (χ2v) is 5.02. The fourth-order valence-electron chi connectivity index (χ4n) is 2.25. The van der Waals surface area contributed by atoms with Crippen molar-refractivity contribution in [3.8, 4) is 11.5 Å². The second-order valence-electron chi connectivity index (χ2n) is 5.02. The van der Waals surface area contributed by atoms with Crippen molar-refractivity contribution >= 4 is 0 Å². The van der Waals surface area contributed by atoms with E-state index in [0.29, 0.717) is 19.3 Å². The van der Waals surface area contributed by atoms with E-state index in [9.17, 15) is 0 Å². The van der Waals surface area contributed by atoms with Gasteiger partial charge >= 0.3 is 0 Å². The van der Waals surface area contributed by atoms with Crippen LogP contribution in [-0.4, -0.2) is 32.7 Å². The van der Waals surface area contributed by atoms with Gasteiger partial charge in [0.15, 0.2) is 6.29 Å². The summed E-state index contributed by atoms with van der Waals surface area (Å²) in [6.45, 7) is 2.88. The molecule has 112 valence electrons. The van der Waals surface area contributed by atoms with Crippen LogP contribution in [0.2, 0.25) is 0 Å². The van der Waals surface area contributed by atoms with Crippen LogP contribution in [0.15, 0.2) is 24.3 Å². The lowest BCUT2D eigenvalue weighted by atomic mass is 10.3. The molecule has 1 aliphatic rings. The van der Waals surface area contributed by atoms with Gasteiger partial charge in [-0.3, -0.25) is 0 Å². The zero-order chi connectivity index (χ0) is 14.2. The summed E-state index contributed by atoms with van der Waals surface area (Å²) in [5.41, 5.74) is 0. The molecule has 0 radical (unpaired) electrons. The number of hydrogen-bond donors (Lipinski definition) is 0. The Balaban J connectivity index is 1.68. The molecule has 1 fully saturated rings. The molecule has 0 aromatic heterocycles. The first-order chi connectivity index (χ1) is 9.78. The molecule has 0 spiro atoms. The summed E-state index contributed by atoms with van der Waals surface area (Å²) < 4.78 is 21.8. The first-order valence-corrected chi connectivity index (χ1v) is 7.32. The third-order valence-electron chi connectivity index (χ3n) is 3.47. The van der Waals surface area contributed by atoms with Gasteiger partial charge < -0.3 is 18.9 Å². The summed E-state index contributed by atoms with van der Waals surface area (Å²) in [4.78, 5) is 0. The van der Waals surface area contributed by atoms with E-state index in [2.05, 4.69) is 0 Å². The van der Waals surface area contributed by atoms with E-state index in [1.54, 1.807) is 7.11 Å². The maximum Gasteiger partial charge on any atom is 0.154 e. The molecule has 2 rings (SSSR count). The van der Waals surface area contributed by atoms with Crippen LogP contribution in [0.5, 0.6) is 11.5 Å². The molecule has 0 aliphatic heterocycles. The minimum absolute atomic E-state index is 0.194. The van der Waals surface area contributed by atoms with Crippen LogP contribution in [-0.2, 0) is 9.47 Å². The monoisotopic (exact) mass is 280 g/mol. The summed E-state index contributed by atoms with van der Waals surface area (Å²) in [5.74, 6) is 1.76. The van der Waals surface area contributed by atoms with Crippen LogP contribution < -0.4 is 9.47 Å². The lowest BCUT2D eigenvalue weighted by Crippen LogP contribution is -2.15. The highest BCUT2D eigenvalue weighted by Crippen LogP contribution is 2.25. The molecular formula is C16H24O4. The smallest absolute Gasteiger partial charge is 0.154 e. The fourth-order valence-corrected chi connectivity index (χ4v) is 2.25. The van der Waals surface area contributed by atoms with Gasteiger partial charge in [-0.05, 0) is 56.9 Å². The zero-order valence-electron chi connectivity index (χ0n) is 12.3. The molecule has 1 saturated carbocycles. The van der Waals surface area contributed by atoms with Gasteiger partial charge in [0, 0.05) is 7.11 Å². The maximum absolute atomic E-state index is 5.91. The van der Waals surface area contributed by atoms with Gasteiger partial charge in [0.2, 0.25) is 0 Å². The van der Waals surface area contributed by atoms with Crippen molar-refractivity contribution in [3.63, 3.8) is 0 Å². The van der Waals surface area contributed by atoms with Gasteiger partial charge in [-0.15, -0.1) is 0 Å². The van der Waals surface area contributed by atoms with Gasteiger partial charge in [-0.1, -0.05) is 0 Å². The Labute approximate surface area is 121 Å². The minimum atomic E-state index is -0.194. The van der Waals surface area contributed by atoms with E-state index in [-0.39, 0.29) is 6.29 Å². The van der Waals surface area contributed by atoms with E-state index in [1.807, 2.05) is 31.2 Å². The van der Waals surface area contributed by atoms with Crippen molar-refractivity contribution in [2.24, 2.45) is 0 Å². The highest BCUT2D eigenvalue weighted by Gasteiger charge is 2.16. The number of benzene rings is 1. The van der Waals surface area contributed by atoms with Crippen LogP contribution in [0.4, 0.5) is 0 Å². The average molecular weight is 280 g/mol. The Bertz CT molecular complexity index is 371. The van der Waals surface area contributed by atoms with E-state index in [1.165, 1.54) is 25.7 Å². The van der Waals surface area contributed by atoms with Crippen molar-refractivity contribution in [1.82, 2.24) is 0 Å². The maximum atomic E-state index is 5.91. The Kier molecular flexibility index (Phi) is 6.15. The zero-order valence-corrected chi connectivity index (χ0v) is 12.3. The van der Waals surface area contributed by atoms with Crippen molar-refractivity contribution in [1.29, 1.82) is 0 Å². The summed E-state index contributed by atoms with van der Waals surface area (Å²) in [5, 5.41) is 0. The van der Waals surface area contributed by atoms with Crippen LogP contribution >= 0.6 is 0 Å². The molecule has 1 aliphatic carbocycles. The van der Waals surface area contributed by atoms with Gasteiger partial charge in [-0.25, -0.2) is 0 Å². The van der Waals surface area contributed by atoms with Crippen molar-refractivity contribution in [2.45, 2.75) is 45.0 Å². The number of rotatable bonds is 8. The van der Waals surface area contributed by atoms with Gasteiger partial charge in [-0.2, -0.15) is 0 Å². The van der Waals surface area contributed by atoms with Gasteiger partial charge in [0.1, 0.15) is 18.1 Å².